The van der Waals surface area contributed by atoms with Crippen molar-refractivity contribution in [3.63, 3.8) is 0 Å². The van der Waals surface area contributed by atoms with Crippen molar-refractivity contribution >= 4 is 40.8 Å². The van der Waals surface area contributed by atoms with E-state index in [4.69, 9.17) is 16.3 Å². The molecule has 1 aliphatic heterocycles. The highest BCUT2D eigenvalue weighted by molar-refractivity contribution is 6.33. The number of anilines is 4. The first-order valence-electron chi connectivity index (χ1n) is 10.5. The Kier molecular flexibility index (Phi) is 7.14. The van der Waals surface area contributed by atoms with Crippen LogP contribution in [0.3, 0.4) is 0 Å². The van der Waals surface area contributed by atoms with Gasteiger partial charge in [0.1, 0.15) is 6.33 Å². The van der Waals surface area contributed by atoms with Crippen LogP contribution in [0.1, 0.15) is 25.3 Å². The minimum atomic E-state index is -0.192. The summed E-state index contributed by atoms with van der Waals surface area (Å²) in [6.07, 6.45) is 3.55. The molecule has 1 aliphatic rings. The number of piperidine rings is 1. The van der Waals surface area contributed by atoms with Crippen molar-refractivity contribution in [1.82, 2.24) is 15.0 Å². The molecular weight excluding hydrogens is 428 g/mol. The first-order valence-corrected chi connectivity index (χ1v) is 10.9. The summed E-state index contributed by atoms with van der Waals surface area (Å²) in [4.78, 5) is 26.6. The maximum absolute atomic E-state index is 11.4. The lowest BCUT2D eigenvalue weighted by molar-refractivity contribution is -0.114. The van der Waals surface area contributed by atoms with Crippen molar-refractivity contribution in [1.29, 1.82) is 0 Å². The van der Waals surface area contributed by atoms with Gasteiger partial charge in [-0.05, 0) is 36.6 Å². The first-order chi connectivity index (χ1) is 15.6. The van der Waals surface area contributed by atoms with Crippen molar-refractivity contribution in [2.24, 2.45) is 0 Å². The molecule has 2 aromatic carbocycles. The lowest BCUT2D eigenvalue weighted by Crippen LogP contribution is -2.38. The summed E-state index contributed by atoms with van der Waals surface area (Å²) in [6.45, 7) is 3.70. The Hall–Kier alpha value is -3.23. The average Bonchev–Trinajstić information content (AvgIpc) is 2.81. The van der Waals surface area contributed by atoms with Gasteiger partial charge in [-0.1, -0.05) is 41.9 Å². The van der Waals surface area contributed by atoms with E-state index in [1.54, 1.807) is 18.2 Å². The molecule has 0 spiro atoms. The molecule has 32 heavy (non-hydrogen) atoms. The third kappa shape index (κ3) is 5.93. The van der Waals surface area contributed by atoms with Gasteiger partial charge in [-0.25, -0.2) is 9.97 Å². The molecule has 1 fully saturated rings. The summed E-state index contributed by atoms with van der Waals surface area (Å²) in [7, 11) is 0. The molecule has 9 heteroatoms. The van der Waals surface area contributed by atoms with Crippen molar-refractivity contribution in [3.05, 3.63) is 65.4 Å². The largest absolute Gasteiger partial charge is 0.373 e. The molecule has 4 rings (SSSR count). The third-order valence-electron chi connectivity index (χ3n) is 5.15. The molecule has 0 saturated carbocycles. The summed E-state index contributed by atoms with van der Waals surface area (Å²) in [5, 5.41) is 6.31. The van der Waals surface area contributed by atoms with Gasteiger partial charge in [0, 0.05) is 25.7 Å². The Labute approximate surface area is 192 Å². The molecule has 0 unspecified atom stereocenters. The predicted molar refractivity (Wildman–Crippen MR) is 125 cm³/mol. The van der Waals surface area contributed by atoms with Gasteiger partial charge in [-0.2, -0.15) is 4.98 Å². The number of ether oxygens (including phenoxy) is 1. The second-order valence-corrected chi connectivity index (χ2v) is 8.00. The van der Waals surface area contributed by atoms with Crippen LogP contribution >= 0.6 is 11.6 Å². The Morgan fingerprint density at radius 3 is 2.69 bits per heavy atom. The number of carbonyl (C=O) groups is 1. The predicted octanol–water partition coefficient (Wildman–Crippen LogP) is 4.41. The summed E-state index contributed by atoms with van der Waals surface area (Å²) in [5.74, 6) is 0.858. The molecule has 1 amide bonds. The molecule has 166 valence electrons. The molecule has 1 aromatic heterocycles. The monoisotopic (exact) mass is 452 g/mol. The van der Waals surface area contributed by atoms with E-state index in [1.807, 2.05) is 18.2 Å². The van der Waals surface area contributed by atoms with E-state index in [9.17, 15) is 4.79 Å². The molecule has 2 heterocycles. The minimum absolute atomic E-state index is 0.192. The molecule has 0 atom stereocenters. The van der Waals surface area contributed by atoms with Crippen LogP contribution in [-0.4, -0.2) is 40.1 Å². The maximum Gasteiger partial charge on any atom is 0.231 e. The smallest absolute Gasteiger partial charge is 0.231 e. The molecule has 0 radical (unpaired) electrons. The minimum Gasteiger partial charge on any atom is -0.373 e. The molecule has 2 N–H and O–H groups in total. The standard InChI is InChI=1S/C23H25ClN6O2/c1-16(31)27-21-13-18(7-8-20(21)24)28-22-25-15-26-23(29-22)30-11-9-19(10-12-30)32-14-17-5-3-2-4-6-17/h2-8,13,15,19H,9-12,14H2,1H3,(H,27,31)(H,25,26,28,29). The number of nitrogens with one attached hydrogen (secondary N) is 2. The van der Waals surface area contributed by atoms with Crippen LogP contribution in [0, 0.1) is 0 Å². The lowest BCUT2D eigenvalue weighted by Gasteiger charge is -2.31. The fraction of sp³-hybridized carbons (Fsp3) is 0.304. The Morgan fingerprint density at radius 1 is 1.16 bits per heavy atom. The fourth-order valence-electron chi connectivity index (χ4n) is 3.53. The second-order valence-electron chi connectivity index (χ2n) is 7.59. The quantitative estimate of drug-likeness (QED) is 0.548. The van der Waals surface area contributed by atoms with E-state index < -0.39 is 0 Å². The highest BCUT2D eigenvalue weighted by Gasteiger charge is 2.22. The van der Waals surface area contributed by atoms with E-state index in [1.165, 1.54) is 18.8 Å². The van der Waals surface area contributed by atoms with Crippen LogP contribution in [0.2, 0.25) is 5.02 Å². The van der Waals surface area contributed by atoms with Crippen LogP contribution in [-0.2, 0) is 16.1 Å². The van der Waals surface area contributed by atoms with E-state index in [0.29, 0.717) is 34.9 Å². The number of hydrogen-bond acceptors (Lipinski definition) is 7. The SMILES string of the molecule is CC(=O)Nc1cc(Nc2ncnc(N3CCC(OCc4ccccc4)CC3)n2)ccc1Cl. The van der Waals surface area contributed by atoms with Crippen molar-refractivity contribution in [3.8, 4) is 0 Å². The summed E-state index contributed by atoms with van der Waals surface area (Å²) < 4.78 is 6.07. The zero-order valence-electron chi connectivity index (χ0n) is 17.8. The van der Waals surface area contributed by atoms with Gasteiger partial charge in [-0.3, -0.25) is 4.79 Å². The highest BCUT2D eigenvalue weighted by atomic mass is 35.5. The molecule has 1 saturated heterocycles. The van der Waals surface area contributed by atoms with Crippen molar-refractivity contribution < 1.29 is 9.53 Å². The van der Waals surface area contributed by atoms with Crippen LogP contribution in [0.25, 0.3) is 0 Å². The van der Waals surface area contributed by atoms with Crippen molar-refractivity contribution in [2.75, 3.05) is 28.6 Å². The normalized spacial score (nSPS) is 14.2. The molecule has 8 nitrogen and oxygen atoms in total. The number of amides is 1. The van der Waals surface area contributed by atoms with Gasteiger partial charge in [0.25, 0.3) is 0 Å². The summed E-state index contributed by atoms with van der Waals surface area (Å²) >= 11 is 6.14. The van der Waals surface area contributed by atoms with Crippen molar-refractivity contribution in [2.45, 2.75) is 32.5 Å². The van der Waals surface area contributed by atoms with E-state index in [-0.39, 0.29) is 12.0 Å². The molecule has 0 aliphatic carbocycles. The maximum atomic E-state index is 11.4. The summed E-state index contributed by atoms with van der Waals surface area (Å²) in [6, 6.07) is 15.5. The molecule has 0 bridgehead atoms. The second kappa shape index (κ2) is 10.4. The highest BCUT2D eigenvalue weighted by Crippen LogP contribution is 2.27. The van der Waals surface area contributed by atoms with Crippen LogP contribution in [0.4, 0.5) is 23.3 Å². The zero-order valence-corrected chi connectivity index (χ0v) is 18.5. The topological polar surface area (TPSA) is 92.3 Å². The Bertz CT molecular complexity index is 1060. The number of benzene rings is 2. The van der Waals surface area contributed by atoms with Crippen LogP contribution in [0.5, 0.6) is 0 Å². The van der Waals surface area contributed by atoms with Gasteiger partial charge in [0.2, 0.25) is 17.8 Å². The number of carbonyl (C=O) groups excluding carboxylic acids is 1. The third-order valence-corrected chi connectivity index (χ3v) is 5.48. The zero-order chi connectivity index (χ0) is 22.3. The molecule has 3 aromatic rings. The first kappa shape index (κ1) is 22.0. The fourth-order valence-corrected chi connectivity index (χ4v) is 3.69. The number of halogens is 1. The van der Waals surface area contributed by atoms with Gasteiger partial charge in [-0.15, -0.1) is 0 Å². The van der Waals surface area contributed by atoms with Crippen LogP contribution < -0.4 is 15.5 Å². The van der Waals surface area contributed by atoms with E-state index in [2.05, 4.69) is 42.6 Å². The summed E-state index contributed by atoms with van der Waals surface area (Å²) in [5.41, 5.74) is 2.42. The van der Waals surface area contributed by atoms with Crippen LogP contribution in [0.15, 0.2) is 54.9 Å². The van der Waals surface area contributed by atoms with Gasteiger partial charge in [0.05, 0.1) is 23.4 Å². The Balaban J connectivity index is 1.34. The van der Waals surface area contributed by atoms with E-state index in [0.717, 1.165) is 25.9 Å². The number of hydrogen-bond donors (Lipinski definition) is 2. The van der Waals surface area contributed by atoms with E-state index >= 15 is 0 Å². The lowest BCUT2D eigenvalue weighted by atomic mass is 10.1. The number of aromatic nitrogens is 3. The van der Waals surface area contributed by atoms with Gasteiger partial charge >= 0.3 is 0 Å². The molecular formula is C23H25ClN6O2. The number of nitrogens with zero attached hydrogens (tertiary/aromatic N) is 4. The van der Waals surface area contributed by atoms with Gasteiger partial charge in [0.15, 0.2) is 0 Å². The number of rotatable bonds is 7. The van der Waals surface area contributed by atoms with Gasteiger partial charge < -0.3 is 20.3 Å². The average molecular weight is 453 g/mol. The Morgan fingerprint density at radius 2 is 1.94 bits per heavy atom.